The summed E-state index contributed by atoms with van der Waals surface area (Å²) in [5.74, 6) is 1.74. The molecule has 64 heavy (non-hydrogen) atoms. The lowest BCUT2D eigenvalue weighted by atomic mass is 9.77. The highest BCUT2D eigenvalue weighted by Crippen LogP contribution is 2.44. The first kappa shape index (κ1) is 43.4. The fourth-order valence-electron chi connectivity index (χ4n) is 8.27. The molecule has 10 heteroatoms. The van der Waals surface area contributed by atoms with Crippen LogP contribution in [0.2, 0.25) is 0 Å². The Labute approximate surface area is 374 Å². The molecule has 10 nitrogen and oxygen atoms in total. The quantitative estimate of drug-likeness (QED) is 0.0707. The molecule has 0 saturated heterocycles. The average molecular weight is 852 g/mol. The van der Waals surface area contributed by atoms with Gasteiger partial charge < -0.3 is 28.8 Å². The number of aromatic nitrogens is 4. The summed E-state index contributed by atoms with van der Waals surface area (Å²) in [6.07, 6.45) is 3.75. The number of nitrogens with one attached hydrogen (secondary N) is 1. The number of rotatable bonds is 17. The fourth-order valence-corrected chi connectivity index (χ4v) is 8.27. The molecule has 0 amide bonds. The van der Waals surface area contributed by atoms with Gasteiger partial charge in [-0.3, -0.25) is 4.79 Å². The molecule has 1 atom stereocenters. The minimum Gasteiger partial charge on any atom is -0.497 e. The van der Waals surface area contributed by atoms with E-state index in [1.807, 2.05) is 135 Å². The van der Waals surface area contributed by atoms with Crippen LogP contribution >= 0.6 is 0 Å². The molecule has 6 aromatic carbocycles. The Hall–Kier alpha value is -7.30. The molecular weight excluding hydrogens is 799 g/mol. The van der Waals surface area contributed by atoms with E-state index < -0.39 is 22.6 Å². The molecule has 0 bridgehead atoms. The van der Waals surface area contributed by atoms with E-state index >= 15 is 0 Å². The summed E-state index contributed by atoms with van der Waals surface area (Å²) < 4.78 is 26.5. The van der Waals surface area contributed by atoms with Crippen LogP contribution in [0.15, 0.2) is 183 Å². The molecule has 1 N–H and O–H groups in total. The van der Waals surface area contributed by atoms with Crippen molar-refractivity contribution < 1.29 is 23.7 Å². The van der Waals surface area contributed by atoms with Crippen LogP contribution in [0, 0.1) is 5.41 Å². The first-order chi connectivity index (χ1) is 31.2. The van der Waals surface area contributed by atoms with Crippen molar-refractivity contribution in [3.05, 3.63) is 216 Å². The zero-order valence-electron chi connectivity index (χ0n) is 36.8. The van der Waals surface area contributed by atoms with Gasteiger partial charge in [0.25, 0.3) is 0 Å². The first-order valence-corrected chi connectivity index (χ1v) is 21.5. The largest absolute Gasteiger partial charge is 0.497 e. The molecule has 0 fully saturated rings. The van der Waals surface area contributed by atoms with Gasteiger partial charge in [-0.1, -0.05) is 146 Å². The molecule has 0 aliphatic heterocycles. The Balaban J connectivity index is 1.25. The number of hydrogen-bond acceptors (Lipinski definition) is 9. The predicted octanol–water partition coefficient (Wildman–Crippen LogP) is 10.8. The highest BCUT2D eigenvalue weighted by molar-refractivity contribution is 5.84. The minimum atomic E-state index is -1.05. The van der Waals surface area contributed by atoms with Crippen LogP contribution in [0.25, 0.3) is 11.2 Å². The van der Waals surface area contributed by atoms with Crippen LogP contribution in [-0.4, -0.2) is 52.9 Å². The van der Waals surface area contributed by atoms with Crippen molar-refractivity contribution in [2.24, 2.45) is 5.41 Å². The van der Waals surface area contributed by atoms with Gasteiger partial charge in [0.05, 0.1) is 45.2 Å². The number of hydrogen-bond donors (Lipinski definition) is 1. The smallest absolute Gasteiger partial charge is 0.311 e. The lowest BCUT2D eigenvalue weighted by molar-refractivity contribution is -0.153. The predicted molar refractivity (Wildman–Crippen MR) is 250 cm³/mol. The Morgan fingerprint density at radius 3 is 1.53 bits per heavy atom. The van der Waals surface area contributed by atoms with E-state index in [0.29, 0.717) is 23.4 Å². The van der Waals surface area contributed by atoms with Crippen molar-refractivity contribution in [3.63, 3.8) is 0 Å². The number of fused-ring (bicyclic) bond motifs is 1. The van der Waals surface area contributed by atoms with Gasteiger partial charge in [-0.15, -0.1) is 0 Å². The van der Waals surface area contributed by atoms with Crippen molar-refractivity contribution in [2.45, 2.75) is 44.4 Å². The monoisotopic (exact) mass is 851 g/mol. The van der Waals surface area contributed by atoms with Crippen LogP contribution in [0.4, 0.5) is 5.82 Å². The fraction of sp³-hybridized carbons (Fsp3) is 0.222. The molecule has 0 aliphatic carbocycles. The zero-order chi connectivity index (χ0) is 44.6. The maximum Gasteiger partial charge on any atom is 0.311 e. The number of esters is 1. The second-order valence-electron chi connectivity index (χ2n) is 16.7. The summed E-state index contributed by atoms with van der Waals surface area (Å²) in [5, 5.41) is 3.90. The third-order valence-corrected chi connectivity index (χ3v) is 11.6. The second-order valence-corrected chi connectivity index (χ2v) is 16.7. The Kier molecular flexibility index (Phi) is 12.9. The molecule has 0 aliphatic rings. The number of benzene rings is 6. The van der Waals surface area contributed by atoms with Gasteiger partial charge in [-0.2, -0.15) is 0 Å². The number of anilines is 1. The van der Waals surface area contributed by atoms with E-state index in [4.69, 9.17) is 33.9 Å². The minimum absolute atomic E-state index is 0.148. The lowest BCUT2D eigenvalue weighted by Crippen LogP contribution is -2.38. The highest BCUT2D eigenvalue weighted by atomic mass is 16.5. The van der Waals surface area contributed by atoms with Crippen LogP contribution < -0.4 is 14.8 Å². The van der Waals surface area contributed by atoms with Gasteiger partial charge >= 0.3 is 5.97 Å². The topological polar surface area (TPSA) is 110 Å². The summed E-state index contributed by atoms with van der Waals surface area (Å²) in [5.41, 5.74) is 4.33. The van der Waals surface area contributed by atoms with Crippen molar-refractivity contribution in [1.82, 2.24) is 19.5 Å². The van der Waals surface area contributed by atoms with Gasteiger partial charge in [0.2, 0.25) is 0 Å². The molecule has 0 spiro atoms. The molecule has 0 saturated carbocycles. The number of carbonyl (C=O) groups is 1. The number of ether oxygens (including phenoxy) is 4. The molecule has 8 aromatic rings. The van der Waals surface area contributed by atoms with Gasteiger partial charge in [0.15, 0.2) is 11.5 Å². The van der Waals surface area contributed by atoms with E-state index in [-0.39, 0.29) is 19.2 Å². The van der Waals surface area contributed by atoms with Gasteiger partial charge in [0.1, 0.15) is 34.5 Å². The van der Waals surface area contributed by atoms with Crippen molar-refractivity contribution in [1.29, 1.82) is 0 Å². The van der Waals surface area contributed by atoms with E-state index in [1.54, 1.807) is 26.9 Å². The maximum atomic E-state index is 13.1. The summed E-state index contributed by atoms with van der Waals surface area (Å²) in [6, 6.07) is 56.7. The maximum absolute atomic E-state index is 13.1. The Bertz CT molecular complexity index is 2660. The third-order valence-electron chi connectivity index (χ3n) is 11.6. The van der Waals surface area contributed by atoms with Gasteiger partial charge in [0, 0.05) is 6.42 Å². The SMILES string of the molecule is COc1ccc(C(Nc2ncnc3c2ncn3C(CCOC(=O)C(C)(C)C)COC(c2ccccc2)(c2ccccc2)c2ccc(OC)cc2)(c2ccccc2)c2ccccc2)cc1. The number of methoxy groups -OCH3 is 2. The standard InChI is InChI=1S/C54H53N5O5/c1-52(2,3)51(60)63-35-34-45(36-64-54(42-22-14-8-15-23-42,43-24-16-9-17-25-43)44-28-32-47(62-5)33-29-44)59-38-57-48-49(55-37-56-50(48)59)58-53(39-18-10-6-11-19-39,40-20-12-7-13-21-40)41-26-30-46(61-4)31-27-41/h6-33,37-38,45H,34-36H2,1-5H3,(H,55,56,58). The molecule has 8 rings (SSSR count). The Morgan fingerprint density at radius 2 is 1.05 bits per heavy atom. The first-order valence-electron chi connectivity index (χ1n) is 21.5. The molecular formula is C54H53N5O5. The third kappa shape index (κ3) is 8.69. The van der Waals surface area contributed by atoms with Gasteiger partial charge in [-0.25, -0.2) is 15.0 Å². The van der Waals surface area contributed by atoms with Crippen molar-refractivity contribution in [2.75, 3.05) is 32.8 Å². The van der Waals surface area contributed by atoms with E-state index in [1.165, 1.54) is 0 Å². The van der Waals surface area contributed by atoms with Crippen molar-refractivity contribution >= 4 is 23.0 Å². The van der Waals surface area contributed by atoms with E-state index in [0.717, 1.165) is 44.9 Å². The van der Waals surface area contributed by atoms with E-state index in [9.17, 15) is 4.79 Å². The van der Waals surface area contributed by atoms with Crippen LogP contribution in [-0.2, 0) is 25.4 Å². The normalized spacial score (nSPS) is 12.4. The zero-order valence-corrected chi connectivity index (χ0v) is 36.8. The summed E-state index contributed by atoms with van der Waals surface area (Å²) in [6.45, 7) is 5.89. The molecule has 2 heterocycles. The van der Waals surface area contributed by atoms with Crippen molar-refractivity contribution in [3.8, 4) is 11.5 Å². The summed E-state index contributed by atoms with van der Waals surface area (Å²) in [4.78, 5) is 27.9. The molecule has 0 radical (unpaired) electrons. The number of imidazole rings is 1. The van der Waals surface area contributed by atoms with E-state index in [2.05, 4.69) is 66.0 Å². The van der Waals surface area contributed by atoms with Gasteiger partial charge in [-0.05, 0) is 78.4 Å². The second kappa shape index (κ2) is 19.0. The Morgan fingerprint density at radius 1 is 0.594 bits per heavy atom. The van der Waals surface area contributed by atoms with Crippen LogP contribution in [0.3, 0.4) is 0 Å². The molecule has 324 valence electrons. The van der Waals surface area contributed by atoms with Crippen LogP contribution in [0.1, 0.15) is 66.6 Å². The van der Waals surface area contributed by atoms with Crippen LogP contribution in [0.5, 0.6) is 11.5 Å². The lowest BCUT2D eigenvalue weighted by Gasteiger charge is -2.37. The summed E-state index contributed by atoms with van der Waals surface area (Å²) in [7, 11) is 3.32. The molecule has 1 unspecified atom stereocenters. The highest BCUT2D eigenvalue weighted by Gasteiger charge is 2.40. The number of carbonyl (C=O) groups excluding carboxylic acids is 1. The summed E-state index contributed by atoms with van der Waals surface area (Å²) >= 11 is 0. The average Bonchev–Trinajstić information content (AvgIpc) is 3.79. The molecule has 2 aromatic heterocycles. The number of nitrogens with zero attached hydrogens (tertiary/aromatic N) is 4.